The Morgan fingerprint density at radius 2 is 2.37 bits per heavy atom. The van der Waals surface area contributed by atoms with Gasteiger partial charge < -0.3 is 14.9 Å². The fourth-order valence-corrected chi connectivity index (χ4v) is 3.66. The molecule has 2 rings (SSSR count). The Hall–Kier alpha value is -2.39. The molecule has 0 saturated heterocycles. The molecule has 0 saturated carbocycles. The molecule has 0 bridgehead atoms. The Balaban J connectivity index is 2.26. The third-order valence-electron chi connectivity index (χ3n) is 4.04. The summed E-state index contributed by atoms with van der Waals surface area (Å²) < 4.78 is 5.31. The number of aliphatic imine (C=N–C) groups is 1. The molecule has 0 unspecified atom stereocenters. The number of nitrogens with one attached hydrogen (secondary N) is 1. The molecule has 2 heterocycles. The van der Waals surface area contributed by atoms with Crippen molar-refractivity contribution in [3.8, 4) is 0 Å². The summed E-state index contributed by atoms with van der Waals surface area (Å²) in [5.41, 5.74) is 5.26. The monoisotopic (exact) mass is 392 g/mol. The van der Waals surface area contributed by atoms with Crippen molar-refractivity contribution in [2.45, 2.75) is 44.8 Å². The van der Waals surface area contributed by atoms with Crippen molar-refractivity contribution >= 4 is 28.4 Å². The molecule has 9 heteroatoms. The second-order valence-electron chi connectivity index (χ2n) is 6.31. The van der Waals surface area contributed by atoms with Crippen LogP contribution in [0, 0.1) is 0 Å². The maximum Gasteiger partial charge on any atom is 0.336 e. The number of allylic oxidation sites excluding steroid dienone is 1. The topological polar surface area (TPSA) is 130 Å². The van der Waals surface area contributed by atoms with Gasteiger partial charge in [0.05, 0.1) is 6.04 Å². The van der Waals surface area contributed by atoms with Crippen molar-refractivity contribution in [3.63, 3.8) is 0 Å². The lowest BCUT2D eigenvalue weighted by molar-refractivity contribution is -0.126. The summed E-state index contributed by atoms with van der Waals surface area (Å²) in [6, 6.07) is 2.65. The smallest absolute Gasteiger partial charge is 0.336 e. The van der Waals surface area contributed by atoms with Crippen LogP contribution in [0.4, 0.5) is 0 Å². The van der Waals surface area contributed by atoms with Gasteiger partial charge in [0.25, 0.3) is 5.91 Å². The molecule has 0 aliphatic carbocycles. The van der Waals surface area contributed by atoms with Gasteiger partial charge in [0, 0.05) is 11.8 Å². The minimum absolute atomic E-state index is 0.223. The molecule has 1 amide bonds. The molecule has 27 heavy (non-hydrogen) atoms. The Morgan fingerprint density at radius 3 is 3.00 bits per heavy atom. The van der Waals surface area contributed by atoms with Crippen molar-refractivity contribution in [1.82, 2.24) is 5.32 Å². The van der Waals surface area contributed by atoms with Crippen molar-refractivity contribution in [2.75, 3.05) is 5.75 Å². The van der Waals surface area contributed by atoms with Gasteiger partial charge in [-0.3, -0.25) is 10.5 Å². The minimum Gasteiger partial charge on any atom is -0.426 e. The van der Waals surface area contributed by atoms with E-state index in [4.69, 9.17) is 15.4 Å². The van der Waals surface area contributed by atoms with Gasteiger partial charge in [0.1, 0.15) is 16.5 Å². The van der Waals surface area contributed by atoms with Crippen LogP contribution in [0.15, 0.2) is 44.1 Å². The van der Waals surface area contributed by atoms with E-state index in [1.807, 2.05) is 6.92 Å². The number of thioether (sulfide) groups is 1. The molecule has 1 aliphatic rings. The molecule has 0 spiro atoms. The summed E-state index contributed by atoms with van der Waals surface area (Å²) >= 11 is 1.25. The molecule has 0 aromatic carbocycles. The summed E-state index contributed by atoms with van der Waals surface area (Å²) in [4.78, 5) is 28.8. The summed E-state index contributed by atoms with van der Waals surface area (Å²) in [7, 11) is 0. The Labute approximate surface area is 161 Å². The van der Waals surface area contributed by atoms with E-state index in [-0.39, 0.29) is 5.75 Å². The van der Waals surface area contributed by atoms with Gasteiger partial charge in [-0.1, -0.05) is 24.6 Å². The van der Waals surface area contributed by atoms with Crippen molar-refractivity contribution < 1.29 is 14.4 Å². The molecule has 2 atom stereocenters. The number of hydrogen-bond donors (Lipinski definition) is 3. The largest absolute Gasteiger partial charge is 0.426 e. The average molecular weight is 392 g/mol. The fraction of sp³-hybridized carbons (Fsp3) is 0.444. The van der Waals surface area contributed by atoms with Gasteiger partial charge >= 0.3 is 5.63 Å². The SMILES string of the molecule is C=CCc1cc([C@@H](CCC)NC(=O)[C@]2(N)CSC(/C(C)=N/O)=N2)oc(=O)c1. The zero-order chi connectivity index (χ0) is 20.0. The van der Waals surface area contributed by atoms with Gasteiger partial charge in [-0.05, 0) is 31.4 Å². The first kappa shape index (κ1) is 20.9. The first-order valence-electron chi connectivity index (χ1n) is 8.59. The molecule has 146 valence electrons. The van der Waals surface area contributed by atoms with E-state index in [0.717, 1.165) is 12.0 Å². The lowest BCUT2D eigenvalue weighted by atomic mass is 10.0. The molecular weight excluding hydrogens is 368 g/mol. The first-order valence-corrected chi connectivity index (χ1v) is 9.58. The number of oxime groups is 1. The number of rotatable bonds is 8. The van der Waals surface area contributed by atoms with Gasteiger partial charge in [-0.15, -0.1) is 18.3 Å². The van der Waals surface area contributed by atoms with Crippen LogP contribution in [0.25, 0.3) is 0 Å². The highest BCUT2D eigenvalue weighted by Crippen LogP contribution is 2.27. The van der Waals surface area contributed by atoms with E-state index in [0.29, 0.717) is 29.4 Å². The van der Waals surface area contributed by atoms with Gasteiger partial charge in [-0.2, -0.15) is 0 Å². The number of amides is 1. The van der Waals surface area contributed by atoms with Crippen molar-refractivity contribution in [2.24, 2.45) is 15.9 Å². The Kier molecular flexibility index (Phi) is 6.98. The minimum atomic E-state index is -1.48. The Bertz CT molecular complexity index is 833. The second kappa shape index (κ2) is 9.01. The van der Waals surface area contributed by atoms with Gasteiger partial charge in [0.2, 0.25) is 0 Å². The number of carbonyl (C=O) groups excluding carboxylic acids is 1. The lowest BCUT2D eigenvalue weighted by Gasteiger charge is -2.24. The number of hydrogen-bond acceptors (Lipinski definition) is 8. The van der Waals surface area contributed by atoms with E-state index in [9.17, 15) is 9.59 Å². The highest BCUT2D eigenvalue weighted by Gasteiger charge is 2.40. The predicted molar refractivity (Wildman–Crippen MR) is 106 cm³/mol. The molecular formula is C18H24N4O4S. The number of nitrogens with zero attached hydrogens (tertiary/aromatic N) is 2. The highest BCUT2D eigenvalue weighted by atomic mass is 32.2. The van der Waals surface area contributed by atoms with E-state index < -0.39 is 23.2 Å². The second-order valence-corrected chi connectivity index (χ2v) is 7.27. The van der Waals surface area contributed by atoms with Crippen LogP contribution in [0.1, 0.15) is 44.1 Å². The van der Waals surface area contributed by atoms with Crippen LogP contribution in [-0.2, 0) is 11.2 Å². The van der Waals surface area contributed by atoms with E-state index in [1.165, 1.54) is 17.8 Å². The Morgan fingerprint density at radius 1 is 1.63 bits per heavy atom. The molecule has 0 fully saturated rings. The van der Waals surface area contributed by atoms with Crippen LogP contribution < -0.4 is 16.7 Å². The van der Waals surface area contributed by atoms with Gasteiger partial charge in [0.15, 0.2) is 5.66 Å². The van der Waals surface area contributed by atoms with Crippen LogP contribution >= 0.6 is 11.8 Å². The summed E-state index contributed by atoms with van der Waals surface area (Å²) in [6.07, 6.45) is 3.55. The van der Waals surface area contributed by atoms with Crippen LogP contribution in [0.5, 0.6) is 0 Å². The third kappa shape index (κ3) is 5.08. The first-order chi connectivity index (χ1) is 12.8. The molecule has 1 aliphatic heterocycles. The summed E-state index contributed by atoms with van der Waals surface area (Å²) in [5, 5.41) is 15.2. The van der Waals surface area contributed by atoms with E-state index in [1.54, 1.807) is 19.1 Å². The lowest BCUT2D eigenvalue weighted by Crippen LogP contribution is -2.54. The van der Waals surface area contributed by atoms with Crippen LogP contribution in [-0.4, -0.2) is 33.3 Å². The molecule has 0 radical (unpaired) electrons. The van der Waals surface area contributed by atoms with Crippen molar-refractivity contribution in [3.05, 3.63) is 46.5 Å². The van der Waals surface area contributed by atoms with Crippen LogP contribution in [0.3, 0.4) is 0 Å². The normalized spacial score (nSPS) is 20.9. The van der Waals surface area contributed by atoms with Crippen molar-refractivity contribution in [1.29, 1.82) is 0 Å². The molecule has 8 nitrogen and oxygen atoms in total. The molecule has 1 aromatic heterocycles. The average Bonchev–Trinajstić information content (AvgIpc) is 3.04. The standard InChI is InChI=1S/C18H24N4O4S/c1-4-6-12-8-14(26-15(23)9-12)13(7-5-2)20-17(24)18(19)10-27-16(21-18)11(3)22-25/h4,8-9,13,25H,1,5-7,10,19H2,2-3H3,(H,20,24)/b22-11+/t13-,18+/m1/s1. The highest BCUT2D eigenvalue weighted by molar-refractivity contribution is 8.16. The van der Waals surface area contributed by atoms with E-state index >= 15 is 0 Å². The predicted octanol–water partition coefficient (Wildman–Crippen LogP) is 1.98. The third-order valence-corrected chi connectivity index (χ3v) is 5.28. The zero-order valence-electron chi connectivity index (χ0n) is 15.4. The number of nitrogens with two attached hydrogens (primary N) is 1. The molecule has 1 aromatic rings. The number of carbonyl (C=O) groups is 1. The van der Waals surface area contributed by atoms with Gasteiger partial charge in [-0.25, -0.2) is 9.79 Å². The van der Waals surface area contributed by atoms with E-state index in [2.05, 4.69) is 22.0 Å². The quantitative estimate of drug-likeness (QED) is 0.268. The maximum absolute atomic E-state index is 12.8. The maximum atomic E-state index is 12.8. The summed E-state index contributed by atoms with van der Waals surface area (Å²) in [5.74, 6) is 0.118. The zero-order valence-corrected chi connectivity index (χ0v) is 16.2. The van der Waals surface area contributed by atoms with Crippen LogP contribution in [0.2, 0.25) is 0 Å². The fourth-order valence-electron chi connectivity index (χ4n) is 2.63. The molecule has 4 N–H and O–H groups in total. The summed E-state index contributed by atoms with van der Waals surface area (Å²) in [6.45, 7) is 7.21.